The molecular formula is C15H16N2O2S. The summed E-state index contributed by atoms with van der Waals surface area (Å²) in [6.07, 6.45) is 3.39. The fourth-order valence-electron chi connectivity index (χ4n) is 2.12. The fourth-order valence-corrected chi connectivity index (χ4v) is 2.84. The first-order valence-corrected chi connectivity index (χ1v) is 7.34. The van der Waals surface area contributed by atoms with Crippen LogP contribution < -0.4 is 4.74 Å². The van der Waals surface area contributed by atoms with Crippen molar-refractivity contribution in [3.05, 3.63) is 52.8 Å². The molecule has 0 saturated heterocycles. The maximum Gasteiger partial charge on any atom is 0.193 e. The van der Waals surface area contributed by atoms with Gasteiger partial charge in [0.2, 0.25) is 0 Å². The third-order valence-corrected chi connectivity index (χ3v) is 3.90. The Morgan fingerprint density at radius 1 is 1.45 bits per heavy atom. The Morgan fingerprint density at radius 3 is 3.05 bits per heavy atom. The van der Waals surface area contributed by atoms with E-state index in [1.807, 2.05) is 47.3 Å². The lowest BCUT2D eigenvalue weighted by atomic mass is 10.1. The standard InChI is InChI=1S/C15H16N2O2S/c1-10-3-4-14(13(7-10)11(2)18)19-9-12-8-17-5-6-20-15(17)16-12/h3-8,11,18H,9H2,1-2H3. The van der Waals surface area contributed by atoms with Crippen LogP contribution in [0.4, 0.5) is 0 Å². The minimum absolute atomic E-state index is 0.400. The summed E-state index contributed by atoms with van der Waals surface area (Å²) in [7, 11) is 0. The fraction of sp³-hybridized carbons (Fsp3) is 0.267. The minimum Gasteiger partial charge on any atom is -0.487 e. The van der Waals surface area contributed by atoms with Gasteiger partial charge in [-0.25, -0.2) is 4.98 Å². The topological polar surface area (TPSA) is 46.8 Å². The molecule has 5 heteroatoms. The van der Waals surface area contributed by atoms with Gasteiger partial charge in [0, 0.05) is 23.3 Å². The quantitative estimate of drug-likeness (QED) is 0.801. The summed E-state index contributed by atoms with van der Waals surface area (Å²) in [5.41, 5.74) is 2.80. The highest BCUT2D eigenvalue weighted by atomic mass is 32.1. The van der Waals surface area contributed by atoms with Gasteiger partial charge in [0.05, 0.1) is 11.8 Å². The molecule has 1 N–H and O–H groups in total. The van der Waals surface area contributed by atoms with Gasteiger partial charge >= 0.3 is 0 Å². The molecule has 2 heterocycles. The van der Waals surface area contributed by atoms with E-state index in [0.29, 0.717) is 12.4 Å². The Balaban J connectivity index is 1.79. The second-order valence-electron chi connectivity index (χ2n) is 4.83. The van der Waals surface area contributed by atoms with Crippen molar-refractivity contribution in [2.24, 2.45) is 0 Å². The van der Waals surface area contributed by atoms with Crippen LogP contribution in [0.2, 0.25) is 0 Å². The molecule has 0 bridgehead atoms. The molecule has 0 aliphatic heterocycles. The molecular weight excluding hydrogens is 272 g/mol. The molecule has 0 aliphatic carbocycles. The zero-order valence-electron chi connectivity index (χ0n) is 11.4. The number of benzene rings is 1. The molecule has 104 valence electrons. The Bertz CT molecular complexity index is 702. The van der Waals surface area contributed by atoms with E-state index in [4.69, 9.17) is 4.74 Å². The number of aliphatic hydroxyl groups excluding tert-OH is 1. The average Bonchev–Trinajstić information content (AvgIpc) is 2.97. The number of ether oxygens (including phenoxy) is 1. The number of fused-ring (bicyclic) bond motifs is 1. The zero-order chi connectivity index (χ0) is 14.1. The van der Waals surface area contributed by atoms with Gasteiger partial charge in [0.1, 0.15) is 12.4 Å². The van der Waals surface area contributed by atoms with Gasteiger partial charge < -0.3 is 9.84 Å². The Morgan fingerprint density at radius 2 is 2.30 bits per heavy atom. The van der Waals surface area contributed by atoms with Crippen molar-refractivity contribution in [3.63, 3.8) is 0 Å². The lowest BCUT2D eigenvalue weighted by molar-refractivity contribution is 0.189. The predicted octanol–water partition coefficient (Wildman–Crippen LogP) is 3.34. The van der Waals surface area contributed by atoms with Crippen molar-refractivity contribution in [1.29, 1.82) is 0 Å². The first-order chi connectivity index (χ1) is 9.63. The average molecular weight is 288 g/mol. The molecule has 0 spiro atoms. The molecule has 3 aromatic rings. The highest BCUT2D eigenvalue weighted by Gasteiger charge is 2.10. The van der Waals surface area contributed by atoms with Crippen molar-refractivity contribution >= 4 is 16.3 Å². The van der Waals surface area contributed by atoms with Crippen molar-refractivity contribution < 1.29 is 9.84 Å². The van der Waals surface area contributed by atoms with Crippen LogP contribution in [0, 0.1) is 6.92 Å². The Kier molecular flexibility index (Phi) is 3.46. The monoisotopic (exact) mass is 288 g/mol. The minimum atomic E-state index is -0.546. The smallest absolute Gasteiger partial charge is 0.193 e. The van der Waals surface area contributed by atoms with Gasteiger partial charge in [0.25, 0.3) is 0 Å². The molecule has 3 rings (SSSR count). The lowest BCUT2D eigenvalue weighted by Crippen LogP contribution is -2.01. The number of hydrogen-bond acceptors (Lipinski definition) is 4. The summed E-state index contributed by atoms with van der Waals surface area (Å²) in [6, 6.07) is 5.83. The van der Waals surface area contributed by atoms with E-state index in [-0.39, 0.29) is 0 Å². The number of nitrogens with zero attached hydrogens (tertiary/aromatic N) is 2. The van der Waals surface area contributed by atoms with E-state index >= 15 is 0 Å². The second-order valence-corrected chi connectivity index (χ2v) is 5.70. The maximum atomic E-state index is 9.81. The van der Waals surface area contributed by atoms with Crippen LogP contribution in [0.5, 0.6) is 5.75 Å². The van der Waals surface area contributed by atoms with Crippen LogP contribution in [0.1, 0.15) is 29.8 Å². The molecule has 1 unspecified atom stereocenters. The predicted molar refractivity (Wildman–Crippen MR) is 79.2 cm³/mol. The van der Waals surface area contributed by atoms with Gasteiger partial charge in [-0.15, -0.1) is 11.3 Å². The van der Waals surface area contributed by atoms with Crippen molar-refractivity contribution in [2.45, 2.75) is 26.6 Å². The third kappa shape index (κ3) is 2.55. The van der Waals surface area contributed by atoms with Crippen LogP contribution in [-0.4, -0.2) is 14.5 Å². The highest BCUT2D eigenvalue weighted by Crippen LogP contribution is 2.27. The molecule has 0 radical (unpaired) electrons. The number of imidazole rings is 1. The first kappa shape index (κ1) is 13.1. The summed E-state index contributed by atoms with van der Waals surface area (Å²) in [4.78, 5) is 5.44. The molecule has 0 fully saturated rings. The number of aryl methyl sites for hydroxylation is 1. The van der Waals surface area contributed by atoms with E-state index in [0.717, 1.165) is 21.8 Å². The number of rotatable bonds is 4. The van der Waals surface area contributed by atoms with Crippen LogP contribution >= 0.6 is 11.3 Å². The van der Waals surface area contributed by atoms with Crippen LogP contribution in [-0.2, 0) is 6.61 Å². The van der Waals surface area contributed by atoms with Gasteiger partial charge in [-0.1, -0.05) is 11.6 Å². The van der Waals surface area contributed by atoms with Gasteiger partial charge in [0.15, 0.2) is 4.96 Å². The zero-order valence-corrected chi connectivity index (χ0v) is 12.2. The van der Waals surface area contributed by atoms with Crippen LogP contribution in [0.25, 0.3) is 4.96 Å². The summed E-state index contributed by atoms with van der Waals surface area (Å²) in [5, 5.41) is 11.8. The van der Waals surface area contributed by atoms with E-state index < -0.39 is 6.10 Å². The van der Waals surface area contributed by atoms with E-state index in [9.17, 15) is 5.11 Å². The number of thiazole rings is 1. The number of aliphatic hydroxyl groups is 1. The van der Waals surface area contributed by atoms with Crippen molar-refractivity contribution in [3.8, 4) is 5.75 Å². The summed E-state index contributed by atoms with van der Waals surface area (Å²) < 4.78 is 7.79. The molecule has 4 nitrogen and oxygen atoms in total. The van der Waals surface area contributed by atoms with E-state index in [1.54, 1.807) is 18.3 Å². The summed E-state index contributed by atoms with van der Waals surface area (Å²) >= 11 is 1.60. The van der Waals surface area contributed by atoms with Crippen LogP contribution in [0.15, 0.2) is 36.0 Å². The summed E-state index contributed by atoms with van der Waals surface area (Å²) in [5.74, 6) is 0.710. The normalized spacial score (nSPS) is 12.8. The van der Waals surface area contributed by atoms with Crippen LogP contribution in [0.3, 0.4) is 0 Å². The third-order valence-electron chi connectivity index (χ3n) is 3.13. The molecule has 0 amide bonds. The van der Waals surface area contributed by atoms with Crippen molar-refractivity contribution in [2.75, 3.05) is 0 Å². The first-order valence-electron chi connectivity index (χ1n) is 6.46. The summed E-state index contributed by atoms with van der Waals surface area (Å²) in [6.45, 7) is 4.14. The van der Waals surface area contributed by atoms with Gasteiger partial charge in [-0.2, -0.15) is 0 Å². The molecule has 2 aromatic heterocycles. The Labute approximate surface area is 121 Å². The molecule has 1 atom stereocenters. The number of aromatic nitrogens is 2. The highest BCUT2D eigenvalue weighted by molar-refractivity contribution is 7.15. The SMILES string of the molecule is Cc1ccc(OCc2cn3ccsc3n2)c(C(C)O)c1. The largest absolute Gasteiger partial charge is 0.487 e. The van der Waals surface area contributed by atoms with E-state index in [1.165, 1.54) is 0 Å². The lowest BCUT2D eigenvalue weighted by Gasteiger charge is -2.13. The van der Waals surface area contributed by atoms with Gasteiger partial charge in [-0.3, -0.25) is 4.40 Å². The van der Waals surface area contributed by atoms with E-state index in [2.05, 4.69) is 4.98 Å². The number of hydrogen-bond donors (Lipinski definition) is 1. The maximum absolute atomic E-state index is 9.81. The van der Waals surface area contributed by atoms with Crippen molar-refractivity contribution in [1.82, 2.24) is 9.38 Å². The molecule has 0 aliphatic rings. The molecule has 20 heavy (non-hydrogen) atoms. The molecule has 0 saturated carbocycles. The molecule has 1 aromatic carbocycles. The Hall–Kier alpha value is -1.85. The van der Waals surface area contributed by atoms with Gasteiger partial charge in [-0.05, 0) is 26.0 Å². The second kappa shape index (κ2) is 5.26.